The van der Waals surface area contributed by atoms with E-state index in [0.29, 0.717) is 30.5 Å². The van der Waals surface area contributed by atoms with Crippen LogP contribution in [-0.4, -0.2) is 49.9 Å². The first kappa shape index (κ1) is 23.7. The Hall–Kier alpha value is -0.450. The zero-order valence-electron chi connectivity index (χ0n) is 20.7. The molecule has 4 aliphatic carbocycles. The van der Waals surface area contributed by atoms with Crippen molar-refractivity contribution >= 4 is 6.21 Å². The first-order chi connectivity index (χ1) is 14.8. The summed E-state index contributed by atoms with van der Waals surface area (Å²) in [5.41, 5.74) is 0.0238. The second-order valence-electron chi connectivity index (χ2n) is 11.9. The van der Waals surface area contributed by atoms with Gasteiger partial charge in [0, 0.05) is 19.9 Å². The third-order valence-corrected chi connectivity index (χ3v) is 10.2. The van der Waals surface area contributed by atoms with Crippen LogP contribution in [0.1, 0.15) is 85.5 Å². The molecular weight excluding hydrogens is 386 g/mol. The predicted molar refractivity (Wildman–Crippen MR) is 126 cm³/mol. The SMILES string of the molecule is CCOC[C@@]1(O)CC[C@@]2(COC(C)C)[C@H](CCC3[C@@H]4CC[C@@H](C=NC)[C@@]4(C)CC[C@@H]32)C1. The van der Waals surface area contributed by atoms with Crippen molar-refractivity contribution in [2.75, 3.05) is 26.9 Å². The van der Waals surface area contributed by atoms with E-state index in [9.17, 15) is 5.11 Å². The molecule has 0 saturated heterocycles. The van der Waals surface area contributed by atoms with Gasteiger partial charge in [0.15, 0.2) is 0 Å². The molecule has 8 atom stereocenters. The van der Waals surface area contributed by atoms with Gasteiger partial charge in [-0.3, -0.25) is 0 Å². The molecule has 0 aromatic rings. The Kier molecular flexibility index (Phi) is 6.93. The average Bonchev–Trinajstić information content (AvgIpc) is 3.07. The maximum Gasteiger partial charge on any atom is 0.0883 e. The van der Waals surface area contributed by atoms with Gasteiger partial charge >= 0.3 is 0 Å². The molecule has 4 rings (SSSR count). The Morgan fingerprint density at radius 3 is 2.55 bits per heavy atom. The minimum atomic E-state index is -0.645. The number of ether oxygens (including phenoxy) is 2. The van der Waals surface area contributed by atoms with E-state index in [2.05, 4.69) is 32.0 Å². The molecular formula is C27H47NO3. The Bertz CT molecular complexity index is 650. The zero-order chi connectivity index (χ0) is 22.3. The van der Waals surface area contributed by atoms with Gasteiger partial charge in [-0.2, -0.15) is 0 Å². The molecule has 4 nitrogen and oxygen atoms in total. The van der Waals surface area contributed by atoms with Gasteiger partial charge in [-0.15, -0.1) is 0 Å². The van der Waals surface area contributed by atoms with Crippen molar-refractivity contribution in [1.29, 1.82) is 0 Å². The van der Waals surface area contributed by atoms with Gasteiger partial charge in [0.1, 0.15) is 0 Å². The van der Waals surface area contributed by atoms with Crippen LogP contribution in [0.4, 0.5) is 0 Å². The fourth-order valence-corrected chi connectivity index (χ4v) is 8.62. The highest BCUT2D eigenvalue weighted by atomic mass is 16.5. The van der Waals surface area contributed by atoms with E-state index in [4.69, 9.17) is 9.47 Å². The third kappa shape index (κ3) is 4.15. The van der Waals surface area contributed by atoms with E-state index in [0.717, 1.165) is 43.6 Å². The fourth-order valence-electron chi connectivity index (χ4n) is 8.62. The summed E-state index contributed by atoms with van der Waals surface area (Å²) in [7, 11) is 1.94. The molecule has 4 heteroatoms. The lowest BCUT2D eigenvalue weighted by molar-refractivity contribution is -0.193. The Balaban J connectivity index is 1.60. The number of hydrogen-bond acceptors (Lipinski definition) is 4. The number of aliphatic imine (C=N–C) groups is 1. The van der Waals surface area contributed by atoms with Crippen LogP contribution in [0.5, 0.6) is 0 Å². The predicted octanol–water partition coefficient (Wildman–Crippen LogP) is 5.52. The van der Waals surface area contributed by atoms with E-state index in [1.165, 1.54) is 38.5 Å². The van der Waals surface area contributed by atoms with Gasteiger partial charge in [-0.25, -0.2) is 0 Å². The quantitative estimate of drug-likeness (QED) is 0.538. The lowest BCUT2D eigenvalue weighted by Crippen LogP contribution is -2.59. The molecule has 0 bridgehead atoms. The van der Waals surface area contributed by atoms with Crippen LogP contribution >= 0.6 is 0 Å². The van der Waals surface area contributed by atoms with Crippen LogP contribution in [0.15, 0.2) is 4.99 Å². The molecule has 31 heavy (non-hydrogen) atoms. The minimum absolute atomic E-state index is 0.240. The molecule has 0 spiro atoms. The first-order valence-electron chi connectivity index (χ1n) is 13.1. The normalized spacial score (nSPS) is 47.4. The van der Waals surface area contributed by atoms with E-state index in [-0.39, 0.29) is 11.5 Å². The van der Waals surface area contributed by atoms with Gasteiger partial charge < -0.3 is 19.6 Å². The van der Waals surface area contributed by atoms with E-state index >= 15 is 0 Å². The van der Waals surface area contributed by atoms with E-state index in [1.54, 1.807) is 0 Å². The summed E-state index contributed by atoms with van der Waals surface area (Å²) in [4.78, 5) is 4.44. The van der Waals surface area contributed by atoms with Crippen molar-refractivity contribution in [2.45, 2.75) is 97.2 Å². The number of nitrogens with zero attached hydrogens (tertiary/aromatic N) is 1. The molecule has 0 aliphatic heterocycles. The van der Waals surface area contributed by atoms with E-state index in [1.807, 2.05) is 14.0 Å². The summed E-state index contributed by atoms with van der Waals surface area (Å²) in [5.74, 6) is 3.61. The molecule has 1 unspecified atom stereocenters. The second-order valence-corrected chi connectivity index (χ2v) is 11.9. The van der Waals surface area contributed by atoms with Crippen molar-refractivity contribution in [1.82, 2.24) is 0 Å². The van der Waals surface area contributed by atoms with Gasteiger partial charge in [0.05, 0.1) is 24.9 Å². The van der Waals surface area contributed by atoms with Crippen LogP contribution in [-0.2, 0) is 9.47 Å². The molecule has 0 aromatic carbocycles. The summed E-state index contributed by atoms with van der Waals surface area (Å²) >= 11 is 0. The monoisotopic (exact) mass is 433 g/mol. The Labute approximate surface area is 190 Å². The van der Waals surface area contributed by atoms with Gasteiger partial charge in [-0.1, -0.05) is 6.92 Å². The topological polar surface area (TPSA) is 51.0 Å². The summed E-state index contributed by atoms with van der Waals surface area (Å²) in [6.07, 6.45) is 13.3. The smallest absolute Gasteiger partial charge is 0.0883 e. The molecule has 1 N–H and O–H groups in total. The molecule has 0 amide bonds. The molecule has 4 aliphatic rings. The van der Waals surface area contributed by atoms with Crippen LogP contribution in [0.25, 0.3) is 0 Å². The lowest BCUT2D eigenvalue weighted by Gasteiger charge is -2.63. The molecule has 0 radical (unpaired) electrons. The highest BCUT2D eigenvalue weighted by molar-refractivity contribution is 5.62. The van der Waals surface area contributed by atoms with Crippen molar-refractivity contribution in [3.63, 3.8) is 0 Å². The maximum atomic E-state index is 11.3. The van der Waals surface area contributed by atoms with Crippen molar-refractivity contribution < 1.29 is 14.6 Å². The summed E-state index contributed by atoms with van der Waals surface area (Å²) < 4.78 is 12.1. The number of hydrogen-bond donors (Lipinski definition) is 1. The van der Waals surface area contributed by atoms with Gasteiger partial charge in [0.25, 0.3) is 0 Å². The second kappa shape index (κ2) is 9.06. The minimum Gasteiger partial charge on any atom is -0.387 e. The summed E-state index contributed by atoms with van der Waals surface area (Å²) in [6, 6.07) is 0. The van der Waals surface area contributed by atoms with Gasteiger partial charge in [-0.05, 0) is 119 Å². The molecule has 0 aromatic heterocycles. The maximum absolute atomic E-state index is 11.3. The summed E-state index contributed by atoms with van der Waals surface area (Å²) in [5, 5.41) is 11.3. The average molecular weight is 434 g/mol. The van der Waals surface area contributed by atoms with Crippen molar-refractivity contribution in [3.8, 4) is 0 Å². The van der Waals surface area contributed by atoms with Crippen LogP contribution in [0, 0.1) is 40.4 Å². The van der Waals surface area contributed by atoms with E-state index < -0.39 is 5.60 Å². The lowest BCUT2D eigenvalue weighted by atomic mass is 9.43. The molecule has 0 heterocycles. The largest absolute Gasteiger partial charge is 0.387 e. The van der Waals surface area contributed by atoms with Crippen LogP contribution in [0.2, 0.25) is 0 Å². The Morgan fingerprint density at radius 2 is 1.84 bits per heavy atom. The van der Waals surface area contributed by atoms with Crippen molar-refractivity contribution in [3.05, 3.63) is 0 Å². The van der Waals surface area contributed by atoms with Crippen LogP contribution in [0.3, 0.4) is 0 Å². The Morgan fingerprint density at radius 1 is 1.03 bits per heavy atom. The number of fused-ring (bicyclic) bond motifs is 5. The zero-order valence-corrected chi connectivity index (χ0v) is 20.7. The standard InChI is InChI=1S/C27H47NO3/c1-6-30-17-26(29)13-14-27(18-31-19(2)3)20(15-26)7-9-22-23-10-8-21(16-28-5)25(23,4)12-11-24(22)27/h16,19-24,29H,6-15,17-18H2,1-5H3/t20-,21+,22?,23+,24+,25-,26-,27-/m1/s1. The van der Waals surface area contributed by atoms with Gasteiger partial charge in [0.2, 0.25) is 0 Å². The highest BCUT2D eigenvalue weighted by Gasteiger charge is 2.62. The molecule has 178 valence electrons. The number of aliphatic hydroxyl groups is 1. The fraction of sp³-hybridized carbons (Fsp3) is 0.963. The van der Waals surface area contributed by atoms with Crippen molar-refractivity contribution in [2.24, 2.45) is 45.4 Å². The summed E-state index contributed by atoms with van der Waals surface area (Å²) in [6.45, 7) is 11.0. The highest BCUT2D eigenvalue weighted by Crippen LogP contribution is 2.68. The third-order valence-electron chi connectivity index (χ3n) is 10.2. The number of rotatable bonds is 7. The first-order valence-corrected chi connectivity index (χ1v) is 13.1. The molecule has 4 fully saturated rings. The van der Waals surface area contributed by atoms with Crippen LogP contribution < -0.4 is 0 Å². The molecule has 4 saturated carbocycles.